The molecule has 0 saturated carbocycles. The smallest absolute Gasteiger partial charge is 0.248 e. The van der Waals surface area contributed by atoms with Crippen molar-refractivity contribution in [1.29, 1.82) is 0 Å². The molecule has 0 spiro atoms. The summed E-state index contributed by atoms with van der Waals surface area (Å²) in [6.07, 6.45) is 2.25. The molecule has 5 heteroatoms. The number of anilines is 1. The molecule has 1 unspecified atom stereocenters. The van der Waals surface area contributed by atoms with E-state index in [0.717, 1.165) is 30.6 Å². The molecule has 0 N–H and O–H groups in total. The summed E-state index contributed by atoms with van der Waals surface area (Å²) in [4.78, 5) is 4.74. The van der Waals surface area contributed by atoms with Gasteiger partial charge in [0.15, 0.2) is 0 Å². The number of rotatable bonds is 6. The van der Waals surface area contributed by atoms with Crippen molar-refractivity contribution in [1.82, 2.24) is 15.1 Å². The predicted octanol–water partition coefficient (Wildman–Crippen LogP) is 5.77. The summed E-state index contributed by atoms with van der Waals surface area (Å²) in [6, 6.07) is 26.0. The maximum atomic E-state index is 6.00. The second-order valence-corrected chi connectivity index (χ2v) is 8.94. The molecule has 1 fully saturated rings. The van der Waals surface area contributed by atoms with Gasteiger partial charge in [-0.05, 0) is 80.0 Å². The predicted molar refractivity (Wildman–Crippen MR) is 134 cm³/mol. The Kier molecular flexibility index (Phi) is 5.97. The van der Waals surface area contributed by atoms with Gasteiger partial charge in [-0.15, -0.1) is 10.2 Å². The van der Waals surface area contributed by atoms with Crippen molar-refractivity contribution < 1.29 is 4.42 Å². The van der Waals surface area contributed by atoms with E-state index in [9.17, 15) is 0 Å². The average Bonchev–Trinajstić information content (AvgIpc) is 3.55. The SMILES string of the molecule is CCc1ccc(-c2ccc(-c3nnc(-c4ccc(N5CCC(N(C)C)C5)cc4)o3)cc2)cc1. The van der Waals surface area contributed by atoms with Gasteiger partial charge in [0.05, 0.1) is 0 Å². The number of hydrogen-bond donors (Lipinski definition) is 0. The van der Waals surface area contributed by atoms with E-state index < -0.39 is 0 Å². The zero-order chi connectivity index (χ0) is 22.8. The molecule has 1 aliphatic heterocycles. The van der Waals surface area contributed by atoms with Gasteiger partial charge < -0.3 is 14.2 Å². The Bertz CT molecular complexity index is 1190. The summed E-state index contributed by atoms with van der Waals surface area (Å²) < 4.78 is 6.00. The van der Waals surface area contributed by atoms with Crippen LogP contribution in [0.4, 0.5) is 5.69 Å². The Morgan fingerprint density at radius 2 is 1.30 bits per heavy atom. The van der Waals surface area contributed by atoms with E-state index in [4.69, 9.17) is 4.42 Å². The number of aromatic nitrogens is 2. The van der Waals surface area contributed by atoms with E-state index >= 15 is 0 Å². The van der Waals surface area contributed by atoms with E-state index in [2.05, 4.69) is 102 Å². The normalized spacial score (nSPS) is 16.0. The zero-order valence-corrected chi connectivity index (χ0v) is 19.5. The maximum absolute atomic E-state index is 6.00. The van der Waals surface area contributed by atoms with Crippen molar-refractivity contribution in [2.24, 2.45) is 0 Å². The van der Waals surface area contributed by atoms with Crippen molar-refractivity contribution in [3.63, 3.8) is 0 Å². The molecule has 0 aliphatic carbocycles. The Hall–Kier alpha value is -3.44. The highest BCUT2D eigenvalue weighted by molar-refractivity contribution is 5.68. The lowest BCUT2D eigenvalue weighted by Crippen LogP contribution is -2.31. The first-order chi connectivity index (χ1) is 16.1. The Morgan fingerprint density at radius 1 is 0.788 bits per heavy atom. The minimum atomic E-state index is 0.537. The van der Waals surface area contributed by atoms with Gasteiger partial charge >= 0.3 is 0 Å². The first-order valence-corrected chi connectivity index (χ1v) is 11.7. The Balaban J connectivity index is 1.29. The van der Waals surface area contributed by atoms with Gasteiger partial charge in [-0.25, -0.2) is 0 Å². The molecule has 0 radical (unpaired) electrons. The Morgan fingerprint density at radius 3 is 1.82 bits per heavy atom. The molecule has 1 aliphatic rings. The van der Waals surface area contributed by atoms with E-state index in [0.29, 0.717) is 17.8 Å². The van der Waals surface area contributed by atoms with Crippen LogP contribution in [-0.4, -0.2) is 48.3 Å². The summed E-state index contributed by atoms with van der Waals surface area (Å²) in [5, 5.41) is 8.57. The van der Waals surface area contributed by atoms with Gasteiger partial charge in [-0.1, -0.05) is 43.3 Å². The Labute approximate surface area is 195 Å². The van der Waals surface area contributed by atoms with Crippen LogP contribution in [0.5, 0.6) is 0 Å². The molecular formula is C28H30N4O. The first-order valence-electron chi connectivity index (χ1n) is 11.7. The van der Waals surface area contributed by atoms with Gasteiger partial charge in [0.2, 0.25) is 11.8 Å². The standard InChI is InChI=1S/C28H30N4O/c1-4-20-5-7-21(8-6-20)22-9-11-23(12-10-22)27-29-30-28(33-27)24-13-15-25(16-14-24)32-18-17-26(19-32)31(2)3/h5-16,26H,4,17-19H2,1-3H3. The van der Waals surface area contributed by atoms with E-state index in [1.807, 2.05) is 12.1 Å². The van der Waals surface area contributed by atoms with Crippen LogP contribution in [0.25, 0.3) is 34.0 Å². The lowest BCUT2D eigenvalue weighted by atomic mass is 10.0. The van der Waals surface area contributed by atoms with Gasteiger partial charge in [0, 0.05) is 35.9 Å². The molecule has 1 aromatic heterocycles. The number of nitrogens with zero attached hydrogens (tertiary/aromatic N) is 4. The molecule has 5 nitrogen and oxygen atoms in total. The summed E-state index contributed by atoms with van der Waals surface area (Å²) in [6.45, 7) is 4.33. The molecular weight excluding hydrogens is 408 g/mol. The van der Waals surface area contributed by atoms with Crippen molar-refractivity contribution in [2.75, 3.05) is 32.1 Å². The molecule has 1 saturated heterocycles. The topological polar surface area (TPSA) is 45.4 Å². The van der Waals surface area contributed by atoms with Crippen LogP contribution < -0.4 is 4.90 Å². The summed E-state index contributed by atoms with van der Waals surface area (Å²) in [5.74, 6) is 1.08. The average molecular weight is 439 g/mol. The van der Waals surface area contributed by atoms with Crippen molar-refractivity contribution in [2.45, 2.75) is 25.8 Å². The van der Waals surface area contributed by atoms with Crippen LogP contribution in [0.3, 0.4) is 0 Å². The van der Waals surface area contributed by atoms with Gasteiger partial charge in [-0.3, -0.25) is 0 Å². The minimum Gasteiger partial charge on any atom is -0.416 e. The molecule has 5 rings (SSSR count). The van der Waals surface area contributed by atoms with Crippen LogP contribution in [-0.2, 0) is 6.42 Å². The quantitative estimate of drug-likeness (QED) is 0.382. The molecule has 0 amide bonds. The van der Waals surface area contributed by atoms with Crippen LogP contribution in [0.15, 0.2) is 77.2 Å². The third-order valence-corrected chi connectivity index (χ3v) is 6.63. The molecule has 168 valence electrons. The summed E-state index contributed by atoms with van der Waals surface area (Å²) in [5.41, 5.74) is 6.83. The monoisotopic (exact) mass is 438 g/mol. The summed E-state index contributed by atoms with van der Waals surface area (Å²) in [7, 11) is 4.31. The van der Waals surface area contributed by atoms with Gasteiger partial charge in [-0.2, -0.15) is 0 Å². The molecule has 33 heavy (non-hydrogen) atoms. The third kappa shape index (κ3) is 4.55. The highest BCUT2D eigenvalue weighted by Gasteiger charge is 2.24. The lowest BCUT2D eigenvalue weighted by molar-refractivity contribution is 0.315. The molecule has 3 aromatic carbocycles. The van der Waals surface area contributed by atoms with Crippen LogP contribution >= 0.6 is 0 Å². The highest BCUT2D eigenvalue weighted by atomic mass is 16.4. The fourth-order valence-corrected chi connectivity index (χ4v) is 4.41. The second kappa shape index (κ2) is 9.20. The number of likely N-dealkylation sites (N-methyl/N-ethyl adjacent to an activating group) is 1. The van der Waals surface area contributed by atoms with Crippen molar-refractivity contribution in [3.05, 3.63) is 78.4 Å². The zero-order valence-electron chi connectivity index (χ0n) is 19.5. The molecule has 2 heterocycles. The van der Waals surface area contributed by atoms with Crippen molar-refractivity contribution >= 4 is 5.69 Å². The fourth-order valence-electron chi connectivity index (χ4n) is 4.41. The largest absolute Gasteiger partial charge is 0.416 e. The maximum Gasteiger partial charge on any atom is 0.248 e. The first kappa shape index (κ1) is 21.4. The van der Waals surface area contributed by atoms with E-state index in [-0.39, 0.29) is 0 Å². The second-order valence-electron chi connectivity index (χ2n) is 8.94. The molecule has 4 aromatic rings. The highest BCUT2D eigenvalue weighted by Crippen LogP contribution is 2.29. The number of aryl methyl sites for hydroxylation is 1. The van der Waals surface area contributed by atoms with Crippen LogP contribution in [0.1, 0.15) is 18.9 Å². The molecule has 0 bridgehead atoms. The fraction of sp³-hybridized carbons (Fsp3) is 0.286. The number of hydrogen-bond acceptors (Lipinski definition) is 5. The van der Waals surface area contributed by atoms with Gasteiger partial charge in [0.1, 0.15) is 0 Å². The third-order valence-electron chi connectivity index (χ3n) is 6.63. The van der Waals surface area contributed by atoms with Gasteiger partial charge in [0.25, 0.3) is 0 Å². The van der Waals surface area contributed by atoms with E-state index in [1.54, 1.807) is 0 Å². The van der Waals surface area contributed by atoms with Crippen molar-refractivity contribution in [3.8, 4) is 34.0 Å². The lowest BCUT2D eigenvalue weighted by Gasteiger charge is -2.21. The minimum absolute atomic E-state index is 0.537. The molecule has 1 atom stereocenters. The van der Waals surface area contributed by atoms with Crippen LogP contribution in [0.2, 0.25) is 0 Å². The summed E-state index contributed by atoms with van der Waals surface area (Å²) >= 11 is 0. The number of benzene rings is 3. The van der Waals surface area contributed by atoms with E-state index in [1.165, 1.54) is 28.8 Å². The van der Waals surface area contributed by atoms with Crippen LogP contribution in [0, 0.1) is 0 Å².